The maximum atomic E-state index is 12.2. The highest BCUT2D eigenvalue weighted by Gasteiger charge is 2.53. The van der Waals surface area contributed by atoms with Crippen LogP contribution in [0.5, 0.6) is 0 Å². The Labute approximate surface area is 222 Å². The highest BCUT2D eigenvalue weighted by Crippen LogP contribution is 2.35. The van der Waals surface area contributed by atoms with Crippen molar-refractivity contribution in [2.75, 3.05) is 19.8 Å². The van der Waals surface area contributed by atoms with Gasteiger partial charge in [0.15, 0.2) is 12.6 Å². The third-order valence-electron chi connectivity index (χ3n) is 7.65. The minimum absolute atomic E-state index is 0.111. The molecule has 16 heteroatoms. The molecule has 3 heterocycles. The van der Waals surface area contributed by atoms with Crippen molar-refractivity contribution in [1.82, 2.24) is 0 Å². The fourth-order valence-corrected chi connectivity index (χ4v) is 5.09. The molecular formula is C23H38O16. The number of aliphatic hydroxyl groups is 10. The van der Waals surface area contributed by atoms with Gasteiger partial charge in [0.2, 0.25) is 0 Å². The molecule has 0 aromatic heterocycles. The van der Waals surface area contributed by atoms with Crippen LogP contribution in [-0.2, 0) is 28.5 Å². The van der Waals surface area contributed by atoms with Crippen molar-refractivity contribution in [1.29, 1.82) is 0 Å². The fourth-order valence-electron chi connectivity index (χ4n) is 5.09. The predicted octanol–water partition coefficient (Wildman–Crippen LogP) is -6.15. The standard InChI is InChI=1S/C23H38O16/c24-4-10-14(29)15(30)18(33)22(36-10)39-21-12(6-26)37-23(19(34)17(21)32)38-20-11(5-25)35-9(13(28)16(20)31)3-8(27)7-1-2-7/h7,9-26,28-34H,1-6H2/t9-,10?,11?,12?,13?,14+,15?,16?,17?,18?,19?,20+,21+,22+,23+/m0/s1. The van der Waals surface area contributed by atoms with Crippen LogP contribution >= 0.6 is 0 Å². The quantitative estimate of drug-likeness (QED) is 0.117. The molecule has 0 aromatic carbocycles. The first kappa shape index (κ1) is 31.0. The Balaban J connectivity index is 1.42. The zero-order chi connectivity index (χ0) is 28.6. The van der Waals surface area contributed by atoms with Crippen LogP contribution in [0.1, 0.15) is 19.3 Å². The van der Waals surface area contributed by atoms with Gasteiger partial charge in [0.05, 0.1) is 25.9 Å². The number of ketones is 1. The first-order valence-electron chi connectivity index (χ1n) is 12.9. The van der Waals surface area contributed by atoms with Gasteiger partial charge >= 0.3 is 0 Å². The van der Waals surface area contributed by atoms with Crippen molar-refractivity contribution in [3.63, 3.8) is 0 Å². The van der Waals surface area contributed by atoms with E-state index in [2.05, 4.69) is 0 Å². The second kappa shape index (κ2) is 12.9. The minimum atomic E-state index is -1.90. The van der Waals surface area contributed by atoms with Crippen LogP contribution in [0.15, 0.2) is 0 Å². The lowest BCUT2D eigenvalue weighted by molar-refractivity contribution is -0.372. The van der Waals surface area contributed by atoms with Crippen LogP contribution in [0.25, 0.3) is 0 Å². The van der Waals surface area contributed by atoms with E-state index in [4.69, 9.17) is 23.7 Å². The Kier molecular flexibility index (Phi) is 10.3. The summed E-state index contributed by atoms with van der Waals surface area (Å²) in [5.41, 5.74) is 0. The van der Waals surface area contributed by atoms with Gasteiger partial charge in [-0.25, -0.2) is 0 Å². The van der Waals surface area contributed by atoms with E-state index in [1.807, 2.05) is 0 Å². The molecule has 1 saturated carbocycles. The van der Waals surface area contributed by atoms with Crippen molar-refractivity contribution < 1.29 is 79.5 Å². The van der Waals surface area contributed by atoms with Crippen LogP contribution in [0.3, 0.4) is 0 Å². The molecule has 10 N–H and O–H groups in total. The number of Topliss-reactive ketones (excluding diaryl/α,β-unsaturated/α-hetero) is 1. The summed E-state index contributed by atoms with van der Waals surface area (Å²) >= 11 is 0. The highest BCUT2D eigenvalue weighted by atomic mass is 16.7. The number of hydrogen-bond donors (Lipinski definition) is 10. The summed E-state index contributed by atoms with van der Waals surface area (Å²) in [6.07, 6.45) is -22.6. The van der Waals surface area contributed by atoms with Crippen molar-refractivity contribution in [3.05, 3.63) is 0 Å². The van der Waals surface area contributed by atoms with E-state index in [1.54, 1.807) is 0 Å². The molecule has 4 fully saturated rings. The van der Waals surface area contributed by atoms with Crippen LogP contribution in [0, 0.1) is 5.92 Å². The molecule has 9 unspecified atom stereocenters. The van der Waals surface area contributed by atoms with Gasteiger partial charge in [-0.1, -0.05) is 0 Å². The molecule has 0 aromatic rings. The highest BCUT2D eigenvalue weighted by molar-refractivity contribution is 5.83. The number of ether oxygens (including phenoxy) is 5. The average molecular weight is 571 g/mol. The summed E-state index contributed by atoms with van der Waals surface area (Å²) in [7, 11) is 0. The summed E-state index contributed by atoms with van der Waals surface area (Å²) in [5.74, 6) is -0.243. The molecule has 15 atom stereocenters. The molecular weight excluding hydrogens is 532 g/mol. The summed E-state index contributed by atoms with van der Waals surface area (Å²) in [5, 5.41) is 102. The molecule has 3 saturated heterocycles. The zero-order valence-corrected chi connectivity index (χ0v) is 20.9. The summed E-state index contributed by atoms with van der Waals surface area (Å²) < 4.78 is 27.5. The number of rotatable bonds is 10. The van der Waals surface area contributed by atoms with E-state index in [0.29, 0.717) is 0 Å². The van der Waals surface area contributed by atoms with E-state index in [0.717, 1.165) is 12.8 Å². The summed E-state index contributed by atoms with van der Waals surface area (Å²) in [6.45, 7) is -2.25. The van der Waals surface area contributed by atoms with Gasteiger partial charge in [-0.05, 0) is 12.8 Å². The molecule has 1 aliphatic carbocycles. The van der Waals surface area contributed by atoms with E-state index >= 15 is 0 Å². The summed E-state index contributed by atoms with van der Waals surface area (Å²) in [6, 6.07) is 0. The van der Waals surface area contributed by atoms with Gasteiger partial charge in [0.1, 0.15) is 79.0 Å². The number of carbonyl (C=O) groups excluding carboxylic acids is 1. The Morgan fingerprint density at radius 1 is 0.564 bits per heavy atom. The first-order valence-corrected chi connectivity index (χ1v) is 12.9. The second-order valence-corrected chi connectivity index (χ2v) is 10.4. The third-order valence-corrected chi connectivity index (χ3v) is 7.65. The largest absolute Gasteiger partial charge is 0.394 e. The van der Waals surface area contributed by atoms with Crippen LogP contribution in [-0.4, -0.2) is 169 Å². The van der Waals surface area contributed by atoms with Gasteiger partial charge in [0, 0.05) is 12.3 Å². The predicted molar refractivity (Wildman–Crippen MR) is 121 cm³/mol. The fraction of sp³-hybridized carbons (Fsp3) is 0.957. The molecule has 226 valence electrons. The number of aliphatic hydroxyl groups excluding tert-OH is 10. The molecule has 3 aliphatic heterocycles. The second-order valence-electron chi connectivity index (χ2n) is 10.4. The number of carbonyl (C=O) groups is 1. The summed E-state index contributed by atoms with van der Waals surface area (Å²) in [4.78, 5) is 12.2. The van der Waals surface area contributed by atoms with Crippen molar-refractivity contribution in [2.24, 2.45) is 5.92 Å². The maximum absolute atomic E-state index is 12.2. The van der Waals surface area contributed by atoms with Gasteiger partial charge in [0.25, 0.3) is 0 Å². The molecule has 4 aliphatic rings. The molecule has 0 spiro atoms. The van der Waals surface area contributed by atoms with E-state index in [1.165, 1.54) is 0 Å². The smallest absolute Gasteiger partial charge is 0.187 e. The Morgan fingerprint density at radius 2 is 1.00 bits per heavy atom. The van der Waals surface area contributed by atoms with Crippen LogP contribution in [0.4, 0.5) is 0 Å². The lowest BCUT2D eigenvalue weighted by atomic mass is 9.91. The Bertz CT molecular complexity index is 807. The zero-order valence-electron chi connectivity index (χ0n) is 20.9. The van der Waals surface area contributed by atoms with Crippen molar-refractivity contribution in [3.8, 4) is 0 Å². The minimum Gasteiger partial charge on any atom is -0.394 e. The third kappa shape index (κ3) is 6.45. The van der Waals surface area contributed by atoms with Gasteiger partial charge in [-0.2, -0.15) is 0 Å². The normalized spacial score (nSPS) is 49.1. The van der Waals surface area contributed by atoms with Crippen LogP contribution < -0.4 is 0 Å². The van der Waals surface area contributed by atoms with Crippen molar-refractivity contribution in [2.45, 2.75) is 111 Å². The molecule has 0 amide bonds. The first-order chi connectivity index (χ1) is 18.5. The van der Waals surface area contributed by atoms with E-state index in [-0.39, 0.29) is 18.1 Å². The lowest BCUT2D eigenvalue weighted by Crippen LogP contribution is -2.66. The van der Waals surface area contributed by atoms with Gasteiger partial charge in [-0.15, -0.1) is 0 Å². The lowest BCUT2D eigenvalue weighted by Gasteiger charge is -2.48. The maximum Gasteiger partial charge on any atom is 0.187 e. The van der Waals surface area contributed by atoms with Crippen LogP contribution in [0.2, 0.25) is 0 Å². The van der Waals surface area contributed by atoms with Crippen molar-refractivity contribution >= 4 is 5.78 Å². The van der Waals surface area contributed by atoms with E-state index < -0.39 is 112 Å². The number of hydrogen-bond acceptors (Lipinski definition) is 16. The monoisotopic (exact) mass is 570 g/mol. The SMILES string of the molecule is O=C(C[C@@H]1OC(CO)[C@@H](O[C@H]2OC(CO)[C@@H](O[C@H]3OC(CO)[C@@H](O)C(O)C3O)C(O)C2O)C(O)C1O)C1CC1. The van der Waals surface area contributed by atoms with Gasteiger partial charge < -0.3 is 74.7 Å². The molecule has 39 heavy (non-hydrogen) atoms. The van der Waals surface area contributed by atoms with Gasteiger partial charge in [-0.3, -0.25) is 4.79 Å². The molecule has 16 nitrogen and oxygen atoms in total. The topological polar surface area (TPSA) is 266 Å². The molecule has 0 bridgehead atoms. The molecule has 4 rings (SSSR count). The average Bonchev–Trinajstić information content (AvgIpc) is 3.78. The Morgan fingerprint density at radius 3 is 1.51 bits per heavy atom. The Hall–Kier alpha value is -0.930. The van der Waals surface area contributed by atoms with E-state index in [9.17, 15) is 55.9 Å². The molecule has 0 radical (unpaired) electrons.